The van der Waals surface area contributed by atoms with Gasteiger partial charge in [-0.2, -0.15) is 5.26 Å². The molecule has 0 aliphatic carbocycles. The molecule has 4 heteroatoms. The minimum atomic E-state index is -0.471. The average Bonchev–Trinajstić information content (AvgIpc) is 2.20. The van der Waals surface area contributed by atoms with Gasteiger partial charge in [0.2, 0.25) is 0 Å². The molecule has 0 aliphatic rings. The highest BCUT2D eigenvalue weighted by atomic mass is 127. The molecule has 0 aliphatic heterocycles. The lowest BCUT2D eigenvalue weighted by molar-refractivity contribution is 0.0600. The smallest absolute Gasteiger partial charge is 0.339 e. The zero-order valence-corrected chi connectivity index (χ0v) is 9.95. The summed E-state index contributed by atoms with van der Waals surface area (Å²) in [6.45, 7) is 1.88. The fourth-order valence-corrected chi connectivity index (χ4v) is 1.52. The lowest BCUT2D eigenvalue weighted by Crippen LogP contribution is -2.05. The molecular weight excluding hydrogens is 293 g/mol. The topological polar surface area (TPSA) is 50.1 Å². The lowest BCUT2D eigenvalue weighted by atomic mass is 10.1. The van der Waals surface area contributed by atoms with Crippen LogP contribution in [0.1, 0.15) is 21.5 Å². The molecule has 72 valence electrons. The first-order chi connectivity index (χ1) is 6.60. The van der Waals surface area contributed by atoms with Gasteiger partial charge in [0.05, 0.1) is 18.2 Å². The third kappa shape index (κ3) is 2.04. The molecule has 0 atom stereocenters. The fraction of sp³-hybridized carbons (Fsp3) is 0.200. The van der Waals surface area contributed by atoms with Gasteiger partial charge in [-0.1, -0.05) is 0 Å². The molecule has 0 radical (unpaired) electrons. The Morgan fingerprint density at radius 1 is 1.57 bits per heavy atom. The quantitative estimate of drug-likeness (QED) is 0.590. The van der Waals surface area contributed by atoms with Crippen molar-refractivity contribution in [1.29, 1.82) is 5.26 Å². The summed E-state index contributed by atoms with van der Waals surface area (Å²) in [5.41, 5.74) is 1.64. The first-order valence-corrected chi connectivity index (χ1v) is 4.96. The SMILES string of the molecule is COC(=O)c1cc(C)c(I)cc1C#N. The van der Waals surface area contributed by atoms with Crippen molar-refractivity contribution in [2.75, 3.05) is 7.11 Å². The molecular formula is C10H8INO2. The summed E-state index contributed by atoms with van der Waals surface area (Å²) >= 11 is 2.12. The maximum Gasteiger partial charge on any atom is 0.339 e. The van der Waals surface area contributed by atoms with Crippen LogP contribution in [0.15, 0.2) is 12.1 Å². The van der Waals surface area contributed by atoms with Crippen molar-refractivity contribution in [2.45, 2.75) is 6.92 Å². The summed E-state index contributed by atoms with van der Waals surface area (Å²) in [5.74, 6) is -0.471. The number of aryl methyl sites for hydroxylation is 1. The molecule has 0 amide bonds. The average molecular weight is 301 g/mol. The van der Waals surface area contributed by atoms with Gasteiger partial charge in [0.25, 0.3) is 0 Å². The summed E-state index contributed by atoms with van der Waals surface area (Å²) < 4.78 is 5.55. The number of rotatable bonds is 1. The second-order valence-corrected chi connectivity index (χ2v) is 3.91. The van der Waals surface area contributed by atoms with Crippen molar-refractivity contribution >= 4 is 28.6 Å². The van der Waals surface area contributed by atoms with Gasteiger partial charge in [-0.25, -0.2) is 4.79 Å². The van der Waals surface area contributed by atoms with E-state index in [2.05, 4.69) is 27.3 Å². The van der Waals surface area contributed by atoms with E-state index >= 15 is 0 Å². The van der Waals surface area contributed by atoms with Crippen LogP contribution in [-0.4, -0.2) is 13.1 Å². The molecule has 0 bridgehead atoms. The molecule has 0 N–H and O–H groups in total. The summed E-state index contributed by atoms with van der Waals surface area (Å²) in [7, 11) is 1.30. The van der Waals surface area contributed by atoms with Crippen molar-refractivity contribution in [3.8, 4) is 6.07 Å². The van der Waals surface area contributed by atoms with Crippen molar-refractivity contribution in [3.05, 3.63) is 32.4 Å². The first-order valence-electron chi connectivity index (χ1n) is 3.88. The molecule has 0 unspecified atom stereocenters. The van der Waals surface area contributed by atoms with Crippen LogP contribution < -0.4 is 0 Å². The molecule has 0 aromatic heterocycles. The van der Waals surface area contributed by atoms with Gasteiger partial charge in [0, 0.05) is 3.57 Å². The highest BCUT2D eigenvalue weighted by Gasteiger charge is 2.13. The van der Waals surface area contributed by atoms with Crippen LogP contribution in [0.25, 0.3) is 0 Å². The molecule has 0 heterocycles. The maximum atomic E-state index is 11.3. The maximum absolute atomic E-state index is 11.3. The van der Waals surface area contributed by atoms with Gasteiger partial charge in [-0.05, 0) is 47.2 Å². The van der Waals surface area contributed by atoms with Gasteiger partial charge in [0.15, 0.2) is 0 Å². The van der Waals surface area contributed by atoms with Crippen LogP contribution in [0.5, 0.6) is 0 Å². The van der Waals surface area contributed by atoms with E-state index in [1.165, 1.54) is 7.11 Å². The van der Waals surface area contributed by atoms with E-state index in [9.17, 15) is 4.79 Å². The molecule has 0 saturated heterocycles. The largest absolute Gasteiger partial charge is 0.465 e. The second-order valence-electron chi connectivity index (χ2n) is 2.75. The minimum absolute atomic E-state index is 0.327. The Labute approximate surface area is 95.8 Å². The molecule has 0 saturated carbocycles. The van der Waals surface area contributed by atoms with E-state index in [4.69, 9.17) is 5.26 Å². The number of carbonyl (C=O) groups is 1. The molecule has 0 spiro atoms. The van der Waals surface area contributed by atoms with Crippen LogP contribution in [-0.2, 0) is 4.74 Å². The third-order valence-electron chi connectivity index (χ3n) is 1.82. The standard InChI is InChI=1S/C10H8INO2/c1-6-3-8(10(13)14-2)7(5-12)4-9(6)11/h3-4H,1-2H3. The van der Waals surface area contributed by atoms with E-state index in [0.717, 1.165) is 9.13 Å². The monoisotopic (exact) mass is 301 g/mol. The van der Waals surface area contributed by atoms with Crippen LogP contribution >= 0.6 is 22.6 Å². The summed E-state index contributed by atoms with van der Waals surface area (Å²) in [4.78, 5) is 11.3. The van der Waals surface area contributed by atoms with Crippen LogP contribution in [0.3, 0.4) is 0 Å². The summed E-state index contributed by atoms with van der Waals surface area (Å²) in [6.07, 6.45) is 0. The second kappa shape index (κ2) is 4.42. The molecule has 3 nitrogen and oxygen atoms in total. The number of nitrogens with zero attached hydrogens (tertiary/aromatic N) is 1. The number of nitriles is 1. The Morgan fingerprint density at radius 2 is 2.21 bits per heavy atom. The van der Waals surface area contributed by atoms with E-state index < -0.39 is 5.97 Å². The zero-order chi connectivity index (χ0) is 10.7. The van der Waals surface area contributed by atoms with Gasteiger partial charge in [-0.15, -0.1) is 0 Å². The molecule has 1 aromatic rings. The highest BCUT2D eigenvalue weighted by molar-refractivity contribution is 14.1. The number of ether oxygens (including phenoxy) is 1. The minimum Gasteiger partial charge on any atom is -0.465 e. The molecule has 14 heavy (non-hydrogen) atoms. The van der Waals surface area contributed by atoms with Crippen molar-refractivity contribution < 1.29 is 9.53 Å². The van der Waals surface area contributed by atoms with Crippen LogP contribution in [0.4, 0.5) is 0 Å². The van der Waals surface area contributed by atoms with Crippen molar-refractivity contribution in [1.82, 2.24) is 0 Å². The zero-order valence-electron chi connectivity index (χ0n) is 7.80. The van der Waals surface area contributed by atoms with E-state index in [0.29, 0.717) is 11.1 Å². The van der Waals surface area contributed by atoms with Crippen molar-refractivity contribution in [3.63, 3.8) is 0 Å². The predicted octanol–water partition coefficient (Wildman–Crippen LogP) is 2.26. The predicted molar refractivity (Wildman–Crippen MR) is 60.0 cm³/mol. The number of benzene rings is 1. The van der Waals surface area contributed by atoms with E-state index in [-0.39, 0.29) is 0 Å². The molecule has 1 rings (SSSR count). The van der Waals surface area contributed by atoms with Gasteiger partial charge < -0.3 is 4.74 Å². The van der Waals surface area contributed by atoms with Gasteiger partial charge >= 0.3 is 5.97 Å². The van der Waals surface area contributed by atoms with Crippen molar-refractivity contribution in [2.24, 2.45) is 0 Å². The van der Waals surface area contributed by atoms with Crippen LogP contribution in [0.2, 0.25) is 0 Å². The Kier molecular flexibility index (Phi) is 3.47. The number of hydrogen-bond acceptors (Lipinski definition) is 3. The third-order valence-corrected chi connectivity index (χ3v) is 2.99. The number of carbonyl (C=O) groups excluding carboxylic acids is 1. The number of halogens is 1. The molecule has 1 aromatic carbocycles. The number of hydrogen-bond donors (Lipinski definition) is 0. The number of methoxy groups -OCH3 is 1. The Bertz CT molecular complexity index is 421. The Morgan fingerprint density at radius 3 is 2.71 bits per heavy atom. The van der Waals surface area contributed by atoms with Gasteiger partial charge in [0.1, 0.15) is 6.07 Å². The molecule has 0 fully saturated rings. The van der Waals surface area contributed by atoms with Crippen LogP contribution in [0, 0.1) is 21.8 Å². The van der Waals surface area contributed by atoms with E-state index in [1.54, 1.807) is 12.1 Å². The fourth-order valence-electron chi connectivity index (χ4n) is 1.05. The van der Waals surface area contributed by atoms with E-state index in [1.807, 2.05) is 13.0 Å². The summed E-state index contributed by atoms with van der Waals surface area (Å²) in [6, 6.07) is 5.33. The van der Waals surface area contributed by atoms with Gasteiger partial charge in [-0.3, -0.25) is 0 Å². The normalized spacial score (nSPS) is 9.29. The Balaban J connectivity index is 3.36. The highest BCUT2D eigenvalue weighted by Crippen LogP contribution is 2.18. The number of esters is 1. The lowest BCUT2D eigenvalue weighted by Gasteiger charge is -2.04. The Hall–Kier alpha value is -1.09. The summed E-state index contributed by atoms with van der Waals surface area (Å²) in [5, 5.41) is 8.82. The first kappa shape index (κ1) is 11.0.